The summed E-state index contributed by atoms with van der Waals surface area (Å²) < 4.78 is 30.8. The summed E-state index contributed by atoms with van der Waals surface area (Å²) in [6.45, 7) is 7.59. The van der Waals surface area contributed by atoms with Crippen LogP contribution in [0, 0.1) is 5.41 Å². The lowest BCUT2D eigenvalue weighted by atomic mass is 9.72. The van der Waals surface area contributed by atoms with E-state index in [4.69, 9.17) is 4.74 Å². The van der Waals surface area contributed by atoms with Gasteiger partial charge in [0.15, 0.2) is 0 Å². The molecule has 1 atom stereocenters. The van der Waals surface area contributed by atoms with Crippen molar-refractivity contribution in [3.05, 3.63) is 59.2 Å². The third-order valence-corrected chi connectivity index (χ3v) is 6.53. The number of benzene rings is 2. The molecule has 0 aromatic heterocycles. The molecule has 0 saturated carbocycles. The number of hydrogen-bond acceptors (Lipinski definition) is 6. The van der Waals surface area contributed by atoms with Gasteiger partial charge in [-0.25, -0.2) is 13.1 Å². The molecule has 0 radical (unpaired) electrons. The summed E-state index contributed by atoms with van der Waals surface area (Å²) in [7, 11) is -3.65. The molecule has 0 bridgehead atoms. The molecule has 2 aliphatic rings. The first-order chi connectivity index (χ1) is 14.6. The van der Waals surface area contributed by atoms with Gasteiger partial charge in [0.1, 0.15) is 0 Å². The largest absolute Gasteiger partial charge is 0.378 e. The van der Waals surface area contributed by atoms with Gasteiger partial charge in [0.05, 0.1) is 36.8 Å². The first-order valence-corrected chi connectivity index (χ1v) is 12.4. The summed E-state index contributed by atoms with van der Waals surface area (Å²) >= 11 is 0. The van der Waals surface area contributed by atoms with Crippen LogP contribution in [0.2, 0.25) is 0 Å². The zero-order chi connectivity index (χ0) is 22.2. The minimum Gasteiger partial charge on any atom is -0.378 e. The van der Waals surface area contributed by atoms with Crippen molar-refractivity contribution in [1.29, 1.82) is 0 Å². The topological polar surface area (TPSA) is 87.7 Å². The number of sulfonamides is 1. The molecule has 7 nitrogen and oxygen atoms in total. The van der Waals surface area contributed by atoms with Crippen LogP contribution in [0.4, 0.5) is 11.4 Å². The highest BCUT2D eigenvalue weighted by Crippen LogP contribution is 2.46. The molecule has 166 valence electrons. The molecule has 1 saturated heterocycles. The average molecular weight is 444 g/mol. The van der Waals surface area contributed by atoms with Crippen molar-refractivity contribution in [3.8, 4) is 0 Å². The monoisotopic (exact) mass is 443 g/mol. The summed E-state index contributed by atoms with van der Waals surface area (Å²) in [5.41, 5.74) is 4.23. The van der Waals surface area contributed by atoms with Gasteiger partial charge < -0.3 is 15.0 Å². The summed E-state index contributed by atoms with van der Waals surface area (Å²) in [4.78, 5) is 15.0. The van der Waals surface area contributed by atoms with Gasteiger partial charge in [-0.05, 0) is 41.2 Å². The molecule has 1 amide bonds. The van der Waals surface area contributed by atoms with Crippen LogP contribution in [0.15, 0.2) is 42.5 Å². The number of amides is 1. The zero-order valence-corrected chi connectivity index (χ0v) is 19.0. The van der Waals surface area contributed by atoms with E-state index in [-0.39, 0.29) is 11.5 Å². The second kappa shape index (κ2) is 8.16. The van der Waals surface area contributed by atoms with Crippen LogP contribution < -0.4 is 14.9 Å². The first-order valence-electron chi connectivity index (χ1n) is 10.5. The highest BCUT2D eigenvalue weighted by Gasteiger charge is 2.37. The van der Waals surface area contributed by atoms with E-state index in [1.165, 1.54) is 0 Å². The highest BCUT2D eigenvalue weighted by molar-refractivity contribution is 7.89. The molecule has 31 heavy (non-hydrogen) atoms. The average Bonchev–Trinajstić information content (AvgIpc) is 2.71. The molecule has 2 aromatic rings. The number of nitrogens with one attached hydrogen (secondary N) is 2. The molecule has 1 unspecified atom stereocenters. The van der Waals surface area contributed by atoms with E-state index < -0.39 is 15.9 Å². The number of para-hydroxylation sites is 1. The fraction of sp³-hybridized carbons (Fsp3) is 0.435. The van der Waals surface area contributed by atoms with Gasteiger partial charge in [0.2, 0.25) is 10.0 Å². The van der Waals surface area contributed by atoms with Gasteiger partial charge in [-0.15, -0.1) is 0 Å². The second-order valence-corrected chi connectivity index (χ2v) is 10.7. The Morgan fingerprint density at radius 1 is 1.16 bits per heavy atom. The Labute approximate surface area is 183 Å². The number of carbonyl (C=O) groups is 1. The Bertz CT molecular complexity index is 1090. The van der Waals surface area contributed by atoms with Gasteiger partial charge in [-0.1, -0.05) is 38.1 Å². The standard InChI is InChI=1S/C23H29N3O4S/c1-23(2)15-17-7-5-9-19(22(27)25-31(3,28)29)20(17)24-21(23)16-6-4-8-18(14-16)26-10-12-30-13-11-26/h4-9,14,21,24H,10-13,15H2,1-3H3,(H,25,27). The smallest absolute Gasteiger partial charge is 0.266 e. The van der Waals surface area contributed by atoms with E-state index >= 15 is 0 Å². The molecule has 2 heterocycles. The van der Waals surface area contributed by atoms with Gasteiger partial charge in [0.25, 0.3) is 5.91 Å². The lowest BCUT2D eigenvalue weighted by Crippen LogP contribution is -2.38. The number of fused-ring (bicyclic) bond motifs is 1. The third-order valence-electron chi connectivity index (χ3n) is 5.97. The zero-order valence-electron chi connectivity index (χ0n) is 18.1. The molecule has 2 aliphatic heterocycles. The summed E-state index contributed by atoms with van der Waals surface area (Å²) in [5.74, 6) is -0.618. The van der Waals surface area contributed by atoms with Gasteiger partial charge >= 0.3 is 0 Å². The minimum atomic E-state index is -3.65. The summed E-state index contributed by atoms with van der Waals surface area (Å²) in [6, 6.07) is 13.9. The van der Waals surface area contributed by atoms with Crippen LogP contribution in [0.3, 0.4) is 0 Å². The molecular formula is C23H29N3O4S. The Hall–Kier alpha value is -2.58. The number of morpholine rings is 1. The molecule has 0 aliphatic carbocycles. The fourth-order valence-corrected chi connectivity index (χ4v) is 4.97. The number of nitrogens with zero attached hydrogens (tertiary/aromatic N) is 1. The summed E-state index contributed by atoms with van der Waals surface area (Å²) in [5, 5.41) is 3.57. The number of rotatable bonds is 4. The quantitative estimate of drug-likeness (QED) is 0.756. The Morgan fingerprint density at radius 2 is 1.87 bits per heavy atom. The van der Waals surface area contributed by atoms with Gasteiger partial charge in [-0.2, -0.15) is 0 Å². The normalized spacial score (nSPS) is 20.5. The van der Waals surface area contributed by atoms with E-state index in [2.05, 4.69) is 53.1 Å². The Kier molecular flexibility index (Phi) is 5.70. The fourth-order valence-electron chi connectivity index (χ4n) is 4.52. The number of carbonyl (C=O) groups excluding carboxylic acids is 1. The lowest BCUT2D eigenvalue weighted by molar-refractivity contribution is 0.0981. The first kappa shape index (κ1) is 21.6. The Balaban J connectivity index is 1.69. The predicted octanol–water partition coefficient (Wildman–Crippen LogP) is 2.95. The van der Waals surface area contributed by atoms with E-state index in [1.807, 2.05) is 6.07 Å². The highest BCUT2D eigenvalue weighted by atomic mass is 32.2. The SMILES string of the molecule is CC1(C)Cc2cccc(C(=O)NS(C)(=O)=O)c2NC1c1cccc(N2CCOCC2)c1. The summed E-state index contributed by atoms with van der Waals surface area (Å²) in [6.07, 6.45) is 1.75. The molecule has 0 spiro atoms. The van der Waals surface area contributed by atoms with Crippen molar-refractivity contribution >= 4 is 27.3 Å². The van der Waals surface area contributed by atoms with Crippen LogP contribution >= 0.6 is 0 Å². The molecule has 1 fully saturated rings. The van der Waals surface area contributed by atoms with Crippen molar-refractivity contribution in [2.75, 3.05) is 42.8 Å². The lowest BCUT2D eigenvalue weighted by Gasteiger charge is -2.42. The number of anilines is 2. The van der Waals surface area contributed by atoms with E-state index in [1.54, 1.807) is 12.1 Å². The van der Waals surface area contributed by atoms with Crippen LogP contribution in [-0.4, -0.2) is 46.9 Å². The van der Waals surface area contributed by atoms with Crippen LogP contribution in [-0.2, 0) is 21.2 Å². The molecule has 4 rings (SSSR count). The van der Waals surface area contributed by atoms with Crippen molar-refractivity contribution in [1.82, 2.24) is 4.72 Å². The van der Waals surface area contributed by atoms with Gasteiger partial charge in [0, 0.05) is 18.8 Å². The maximum absolute atomic E-state index is 12.6. The van der Waals surface area contributed by atoms with E-state index in [0.717, 1.165) is 55.8 Å². The van der Waals surface area contributed by atoms with Gasteiger partial charge in [-0.3, -0.25) is 4.79 Å². The van der Waals surface area contributed by atoms with Crippen molar-refractivity contribution in [3.63, 3.8) is 0 Å². The number of ether oxygens (including phenoxy) is 1. The van der Waals surface area contributed by atoms with E-state index in [0.29, 0.717) is 11.3 Å². The third kappa shape index (κ3) is 4.70. The molecule has 2 aromatic carbocycles. The van der Waals surface area contributed by atoms with Crippen molar-refractivity contribution in [2.45, 2.75) is 26.3 Å². The maximum Gasteiger partial charge on any atom is 0.266 e. The Morgan fingerprint density at radius 3 is 2.58 bits per heavy atom. The minimum absolute atomic E-state index is 0.0341. The second-order valence-electron chi connectivity index (χ2n) is 8.98. The maximum atomic E-state index is 12.6. The molecule has 2 N–H and O–H groups in total. The van der Waals surface area contributed by atoms with Crippen molar-refractivity contribution in [2.24, 2.45) is 5.41 Å². The molecule has 8 heteroatoms. The van der Waals surface area contributed by atoms with Crippen LogP contribution in [0.5, 0.6) is 0 Å². The molecular weight excluding hydrogens is 414 g/mol. The van der Waals surface area contributed by atoms with Crippen LogP contribution in [0.1, 0.15) is 41.4 Å². The van der Waals surface area contributed by atoms with Crippen LogP contribution in [0.25, 0.3) is 0 Å². The predicted molar refractivity (Wildman–Crippen MR) is 122 cm³/mol. The van der Waals surface area contributed by atoms with E-state index in [9.17, 15) is 13.2 Å². The van der Waals surface area contributed by atoms with Crippen molar-refractivity contribution < 1.29 is 17.9 Å². The number of hydrogen-bond donors (Lipinski definition) is 2.